The molecule has 0 amide bonds. The van der Waals surface area contributed by atoms with Crippen LogP contribution >= 0.6 is 0 Å². The molecule has 0 aromatic heterocycles. The molecule has 0 bridgehead atoms. The first kappa shape index (κ1) is 20.4. The number of unbranched alkanes of at least 4 members (excludes halogenated alkanes) is 1. The van der Waals surface area contributed by atoms with Gasteiger partial charge in [0.15, 0.2) is 0 Å². The van der Waals surface area contributed by atoms with Crippen LogP contribution in [0.3, 0.4) is 0 Å². The minimum Gasteiger partial charge on any atom is -0.450 e. The quantitative estimate of drug-likeness (QED) is 0.253. The Morgan fingerprint density at radius 1 is 1.16 bits per heavy atom. The Bertz CT molecular complexity index is 233. The summed E-state index contributed by atoms with van der Waals surface area (Å²) in [4.78, 5) is 23.6. The second kappa shape index (κ2) is 9.96. The van der Waals surface area contributed by atoms with Gasteiger partial charge < -0.3 is 9.84 Å². The zero-order valence-electron chi connectivity index (χ0n) is 12.6. The number of hydrogen-bond acceptors (Lipinski definition) is 6. The Hall–Kier alpha value is -0.890. The molecule has 0 aromatic carbocycles. The summed E-state index contributed by atoms with van der Waals surface area (Å²) in [5.41, 5.74) is -0.403. The fourth-order valence-electron chi connectivity index (χ4n) is 0.614. The molecule has 0 aliphatic carbocycles. The van der Waals surface area contributed by atoms with Crippen molar-refractivity contribution in [3.63, 3.8) is 0 Å². The van der Waals surface area contributed by atoms with E-state index in [-0.39, 0.29) is 0 Å². The Morgan fingerprint density at radius 2 is 1.63 bits per heavy atom. The highest BCUT2D eigenvalue weighted by Crippen LogP contribution is 2.11. The van der Waals surface area contributed by atoms with Crippen LogP contribution in [0.15, 0.2) is 0 Å². The third-order valence-corrected chi connectivity index (χ3v) is 1.45. The minimum absolute atomic E-state index is 0.403. The van der Waals surface area contributed by atoms with Crippen LogP contribution in [0.4, 0.5) is 4.79 Å². The van der Waals surface area contributed by atoms with Gasteiger partial charge in [-0.1, -0.05) is 13.3 Å². The van der Waals surface area contributed by atoms with E-state index in [1.54, 1.807) is 20.8 Å². The van der Waals surface area contributed by atoms with E-state index in [4.69, 9.17) is 20.1 Å². The molecule has 0 fully saturated rings. The number of carbonyl (C=O) groups is 1. The maximum Gasteiger partial charge on any atom is 0.508 e. The molecule has 2 N–H and O–H groups in total. The van der Waals surface area contributed by atoms with E-state index in [9.17, 15) is 4.79 Å². The lowest BCUT2D eigenvalue weighted by Gasteiger charge is -2.21. The van der Waals surface area contributed by atoms with Crippen molar-refractivity contribution in [3.8, 4) is 0 Å². The molecule has 0 saturated heterocycles. The van der Waals surface area contributed by atoms with Gasteiger partial charge in [0.25, 0.3) is 0 Å². The predicted molar refractivity (Wildman–Crippen MR) is 68.6 cm³/mol. The zero-order chi connectivity index (χ0) is 15.5. The first-order chi connectivity index (χ1) is 8.54. The molecule has 0 atom stereocenters. The van der Waals surface area contributed by atoms with Crippen molar-refractivity contribution >= 4 is 6.16 Å². The van der Waals surface area contributed by atoms with Gasteiger partial charge in [-0.25, -0.2) is 14.6 Å². The molecule has 0 saturated carbocycles. The highest BCUT2D eigenvalue weighted by molar-refractivity contribution is 5.57. The van der Waals surface area contributed by atoms with Crippen molar-refractivity contribution in [2.24, 2.45) is 0 Å². The maximum absolute atomic E-state index is 10.1. The van der Waals surface area contributed by atoms with Gasteiger partial charge in [0.2, 0.25) is 5.79 Å². The van der Waals surface area contributed by atoms with E-state index in [1.807, 2.05) is 6.92 Å². The van der Waals surface area contributed by atoms with Crippen molar-refractivity contribution in [2.75, 3.05) is 6.61 Å². The molecule has 0 spiro atoms. The van der Waals surface area contributed by atoms with Crippen molar-refractivity contribution in [1.82, 2.24) is 0 Å². The lowest BCUT2D eigenvalue weighted by atomic mass is 10.2. The van der Waals surface area contributed by atoms with Crippen molar-refractivity contribution in [1.29, 1.82) is 0 Å². The summed E-state index contributed by atoms with van der Waals surface area (Å²) in [5, 5.41) is 16.2. The summed E-state index contributed by atoms with van der Waals surface area (Å²) >= 11 is 0. The summed E-state index contributed by atoms with van der Waals surface area (Å²) in [6.45, 7) is 10.7. The van der Waals surface area contributed by atoms with E-state index in [0.717, 1.165) is 12.8 Å². The highest BCUT2D eigenvalue weighted by Gasteiger charge is 2.24. The average Bonchev–Trinajstić information content (AvgIpc) is 2.22. The lowest BCUT2D eigenvalue weighted by molar-refractivity contribution is -0.406. The van der Waals surface area contributed by atoms with Gasteiger partial charge in [-0.05, 0) is 27.2 Å². The summed E-state index contributed by atoms with van der Waals surface area (Å²) < 4.78 is 4.39. The SMILES string of the molecule is CC(C)(C)OO.CCCCOOC(C)(C)OC(=O)O. The summed E-state index contributed by atoms with van der Waals surface area (Å²) in [6.07, 6.45) is 0.469. The standard InChI is InChI=1S/C8H16O5.C4H10O2/c1-4-5-6-11-13-8(2,3)12-7(9)10;1-4(2,3)6-5/h4-6H2,1-3H3,(H,9,10);5H,1-3H3. The summed E-state index contributed by atoms with van der Waals surface area (Å²) in [6, 6.07) is 0. The van der Waals surface area contributed by atoms with Crippen molar-refractivity contribution in [3.05, 3.63) is 0 Å². The van der Waals surface area contributed by atoms with Gasteiger partial charge >= 0.3 is 6.16 Å². The molecule has 0 aliphatic heterocycles. The lowest BCUT2D eigenvalue weighted by Crippen LogP contribution is -2.31. The van der Waals surface area contributed by atoms with Gasteiger partial charge in [0, 0.05) is 13.8 Å². The van der Waals surface area contributed by atoms with Gasteiger partial charge in [0.05, 0.1) is 12.2 Å². The normalized spacial score (nSPS) is 11.5. The molecular formula is C12H26O7. The van der Waals surface area contributed by atoms with Crippen LogP contribution in [0, 0.1) is 0 Å². The number of hydrogen-bond donors (Lipinski definition) is 2. The molecule has 7 heteroatoms. The van der Waals surface area contributed by atoms with Crippen LogP contribution < -0.4 is 0 Å². The monoisotopic (exact) mass is 282 g/mol. The van der Waals surface area contributed by atoms with Crippen LogP contribution in [0.1, 0.15) is 54.4 Å². The Labute approximate surface area is 114 Å². The Morgan fingerprint density at radius 3 is 1.95 bits per heavy atom. The van der Waals surface area contributed by atoms with E-state index >= 15 is 0 Å². The summed E-state index contributed by atoms with van der Waals surface area (Å²) in [7, 11) is 0. The van der Waals surface area contributed by atoms with E-state index < -0.39 is 17.5 Å². The van der Waals surface area contributed by atoms with Gasteiger partial charge in [-0.15, -0.1) is 0 Å². The van der Waals surface area contributed by atoms with Crippen molar-refractivity contribution < 1.29 is 34.6 Å². The van der Waals surface area contributed by atoms with Crippen molar-refractivity contribution in [2.45, 2.75) is 65.8 Å². The fourth-order valence-corrected chi connectivity index (χ4v) is 0.614. The Balaban J connectivity index is 0. The summed E-state index contributed by atoms with van der Waals surface area (Å²) in [5.74, 6) is -1.25. The molecule has 7 nitrogen and oxygen atoms in total. The molecule has 0 heterocycles. The van der Waals surface area contributed by atoms with Gasteiger partial charge in [-0.2, -0.15) is 4.89 Å². The number of carboxylic acid groups (broad SMARTS) is 1. The topological polar surface area (TPSA) is 94.5 Å². The molecule has 19 heavy (non-hydrogen) atoms. The first-order valence-electron chi connectivity index (χ1n) is 6.09. The second-order valence-electron chi connectivity index (χ2n) is 5.23. The smallest absolute Gasteiger partial charge is 0.450 e. The van der Waals surface area contributed by atoms with Crippen LogP contribution in [-0.2, 0) is 19.4 Å². The average molecular weight is 282 g/mol. The molecule has 0 aliphatic rings. The predicted octanol–water partition coefficient (Wildman–Crippen LogP) is 3.44. The largest absolute Gasteiger partial charge is 0.508 e. The first-order valence-corrected chi connectivity index (χ1v) is 6.09. The van der Waals surface area contributed by atoms with E-state index in [0.29, 0.717) is 6.61 Å². The zero-order valence-corrected chi connectivity index (χ0v) is 12.6. The molecular weight excluding hydrogens is 256 g/mol. The number of rotatable bonds is 6. The van der Waals surface area contributed by atoms with E-state index in [1.165, 1.54) is 13.8 Å². The fraction of sp³-hybridized carbons (Fsp3) is 0.917. The molecule has 0 unspecified atom stereocenters. The van der Waals surface area contributed by atoms with Gasteiger partial charge in [-0.3, -0.25) is 5.26 Å². The van der Waals surface area contributed by atoms with E-state index in [2.05, 4.69) is 9.62 Å². The van der Waals surface area contributed by atoms with Crippen LogP contribution in [0.2, 0.25) is 0 Å². The third-order valence-electron chi connectivity index (χ3n) is 1.45. The highest BCUT2D eigenvalue weighted by atomic mass is 17.2. The molecule has 0 rings (SSSR count). The number of ether oxygens (including phenoxy) is 1. The molecule has 116 valence electrons. The minimum atomic E-state index is -1.39. The maximum atomic E-state index is 10.1. The Kier molecular flexibility index (Phi) is 10.7. The van der Waals surface area contributed by atoms with Gasteiger partial charge in [0.1, 0.15) is 0 Å². The second-order valence-corrected chi connectivity index (χ2v) is 5.23. The molecule has 0 radical (unpaired) electrons. The van der Waals surface area contributed by atoms with Crippen LogP contribution in [0.25, 0.3) is 0 Å². The molecule has 0 aromatic rings. The third kappa shape index (κ3) is 19.6. The van der Waals surface area contributed by atoms with Crippen LogP contribution in [0.5, 0.6) is 0 Å². The van der Waals surface area contributed by atoms with Crippen LogP contribution in [-0.4, -0.2) is 34.5 Å².